The van der Waals surface area contributed by atoms with Gasteiger partial charge < -0.3 is 15.0 Å². The molecule has 1 saturated heterocycles. The molecule has 0 aromatic heterocycles. The number of amides is 2. The molecule has 1 aliphatic rings. The highest BCUT2D eigenvalue weighted by Crippen LogP contribution is 2.24. The van der Waals surface area contributed by atoms with E-state index in [1.54, 1.807) is 25.2 Å². The lowest BCUT2D eigenvalue weighted by Gasteiger charge is -2.25. The van der Waals surface area contributed by atoms with Crippen molar-refractivity contribution in [1.82, 2.24) is 9.21 Å². The van der Waals surface area contributed by atoms with Crippen LogP contribution in [0, 0.1) is 0 Å². The number of benzene rings is 1. The van der Waals surface area contributed by atoms with Crippen molar-refractivity contribution in [3.05, 3.63) is 29.8 Å². The topological polar surface area (TPSA) is 96.0 Å². The molecular formula is C21H33N3O5S. The van der Waals surface area contributed by atoms with Gasteiger partial charge in [-0.05, 0) is 57.7 Å². The van der Waals surface area contributed by atoms with Crippen molar-refractivity contribution in [3.63, 3.8) is 0 Å². The molecule has 0 radical (unpaired) electrons. The summed E-state index contributed by atoms with van der Waals surface area (Å²) in [4.78, 5) is 26.4. The average Bonchev–Trinajstić information content (AvgIpc) is 3.11. The van der Waals surface area contributed by atoms with Gasteiger partial charge in [0.15, 0.2) is 0 Å². The summed E-state index contributed by atoms with van der Waals surface area (Å²) in [6, 6.07) is 6.47. The molecule has 1 N–H and O–H groups in total. The lowest BCUT2D eigenvalue weighted by atomic mass is 10.1. The minimum Gasteiger partial charge on any atom is -0.444 e. The Morgan fingerprint density at radius 2 is 2.00 bits per heavy atom. The van der Waals surface area contributed by atoms with Crippen molar-refractivity contribution < 1.29 is 22.7 Å². The Balaban J connectivity index is 2.04. The first-order chi connectivity index (χ1) is 13.9. The molecule has 8 nitrogen and oxygen atoms in total. The lowest BCUT2D eigenvalue weighted by molar-refractivity contribution is -0.119. The van der Waals surface area contributed by atoms with E-state index in [9.17, 15) is 18.0 Å². The van der Waals surface area contributed by atoms with Gasteiger partial charge in [0.25, 0.3) is 0 Å². The zero-order valence-corrected chi connectivity index (χ0v) is 19.3. The maximum atomic E-state index is 12.8. The normalized spacial score (nSPS) is 17.6. The van der Waals surface area contributed by atoms with Crippen LogP contribution in [0.2, 0.25) is 0 Å². The third-order valence-corrected chi connectivity index (χ3v) is 6.72. The Labute approximate surface area is 179 Å². The van der Waals surface area contributed by atoms with E-state index in [0.29, 0.717) is 38.0 Å². The lowest BCUT2D eigenvalue weighted by Crippen LogP contribution is -2.44. The van der Waals surface area contributed by atoms with E-state index in [0.717, 1.165) is 5.56 Å². The first-order valence-electron chi connectivity index (χ1n) is 10.3. The summed E-state index contributed by atoms with van der Waals surface area (Å²) in [5.74, 6) is -0.284. The molecule has 0 bridgehead atoms. The molecule has 1 unspecified atom stereocenters. The van der Waals surface area contributed by atoms with Gasteiger partial charge in [-0.1, -0.05) is 19.1 Å². The highest BCUT2D eigenvalue weighted by molar-refractivity contribution is 7.89. The van der Waals surface area contributed by atoms with Crippen LogP contribution in [0.15, 0.2) is 24.3 Å². The summed E-state index contributed by atoms with van der Waals surface area (Å²) in [6.07, 6.45) is 1.26. The zero-order valence-electron chi connectivity index (χ0n) is 18.5. The molecule has 2 amide bonds. The fourth-order valence-electron chi connectivity index (χ4n) is 3.36. The van der Waals surface area contributed by atoms with E-state index in [1.807, 2.05) is 33.8 Å². The Bertz CT molecular complexity index is 864. The third-order valence-electron chi connectivity index (χ3n) is 4.65. The minimum atomic E-state index is -3.43. The standard InChI is InChI=1S/C21H33N3O5S/c1-6-13-30(27,28)24-12-8-11-18(24)19(25)22-17-10-7-9-16(14-17)15-23(5)20(26)29-21(2,3)4/h7,9-10,14,18H,6,8,11-13,15H2,1-5H3,(H,22,25). The molecule has 0 saturated carbocycles. The van der Waals surface area contributed by atoms with E-state index in [2.05, 4.69) is 5.32 Å². The molecule has 1 aromatic carbocycles. The number of nitrogens with zero attached hydrogens (tertiary/aromatic N) is 2. The minimum absolute atomic E-state index is 0.0449. The number of hydrogen-bond acceptors (Lipinski definition) is 5. The molecule has 30 heavy (non-hydrogen) atoms. The monoisotopic (exact) mass is 439 g/mol. The number of hydrogen-bond donors (Lipinski definition) is 1. The van der Waals surface area contributed by atoms with Crippen molar-refractivity contribution >= 4 is 27.7 Å². The van der Waals surface area contributed by atoms with Crippen LogP contribution in [0.4, 0.5) is 10.5 Å². The van der Waals surface area contributed by atoms with Gasteiger partial charge in [0, 0.05) is 25.8 Å². The van der Waals surface area contributed by atoms with Crippen molar-refractivity contribution in [2.45, 2.75) is 65.1 Å². The molecule has 0 aliphatic carbocycles. The van der Waals surface area contributed by atoms with Crippen LogP contribution < -0.4 is 5.32 Å². The molecule has 2 rings (SSSR count). The first kappa shape index (κ1) is 24.1. The van der Waals surface area contributed by atoms with E-state index in [-0.39, 0.29) is 11.7 Å². The predicted molar refractivity (Wildman–Crippen MR) is 117 cm³/mol. The van der Waals surface area contributed by atoms with Crippen molar-refractivity contribution in [2.75, 3.05) is 24.7 Å². The van der Waals surface area contributed by atoms with Crippen LogP contribution in [-0.4, -0.2) is 60.6 Å². The fraction of sp³-hybridized carbons (Fsp3) is 0.619. The van der Waals surface area contributed by atoms with Crippen LogP contribution in [-0.2, 0) is 26.1 Å². The SMILES string of the molecule is CCCS(=O)(=O)N1CCCC1C(=O)Nc1cccc(CN(C)C(=O)OC(C)(C)C)c1. The van der Waals surface area contributed by atoms with Crippen molar-refractivity contribution in [3.8, 4) is 0 Å². The van der Waals surface area contributed by atoms with Gasteiger partial charge in [0.1, 0.15) is 11.6 Å². The molecule has 1 heterocycles. The number of ether oxygens (including phenoxy) is 1. The van der Waals surface area contributed by atoms with Gasteiger partial charge >= 0.3 is 6.09 Å². The van der Waals surface area contributed by atoms with Crippen molar-refractivity contribution in [2.24, 2.45) is 0 Å². The van der Waals surface area contributed by atoms with Crippen molar-refractivity contribution in [1.29, 1.82) is 0 Å². The number of carbonyl (C=O) groups excluding carboxylic acids is 2. The maximum Gasteiger partial charge on any atom is 0.410 e. The summed E-state index contributed by atoms with van der Waals surface area (Å²) < 4.78 is 31.5. The molecule has 1 fully saturated rings. The summed E-state index contributed by atoms with van der Waals surface area (Å²) in [5, 5.41) is 2.83. The molecule has 168 valence electrons. The van der Waals surface area contributed by atoms with Gasteiger partial charge in [0.2, 0.25) is 15.9 Å². The van der Waals surface area contributed by atoms with Gasteiger partial charge in [0.05, 0.1) is 5.75 Å². The number of nitrogens with one attached hydrogen (secondary N) is 1. The van der Waals surface area contributed by atoms with Crippen LogP contribution in [0.1, 0.15) is 52.5 Å². The molecule has 1 aromatic rings. The highest BCUT2D eigenvalue weighted by atomic mass is 32.2. The second-order valence-corrected chi connectivity index (χ2v) is 10.7. The highest BCUT2D eigenvalue weighted by Gasteiger charge is 2.38. The summed E-state index contributed by atoms with van der Waals surface area (Å²) >= 11 is 0. The molecule has 9 heteroatoms. The largest absolute Gasteiger partial charge is 0.444 e. The van der Waals surface area contributed by atoms with Crippen LogP contribution >= 0.6 is 0 Å². The summed E-state index contributed by atoms with van der Waals surface area (Å²) in [6.45, 7) is 7.93. The van der Waals surface area contributed by atoms with Gasteiger partial charge in [-0.3, -0.25) is 4.79 Å². The second-order valence-electron chi connectivity index (χ2n) is 8.61. The van der Waals surface area contributed by atoms with Gasteiger partial charge in [-0.25, -0.2) is 13.2 Å². The smallest absolute Gasteiger partial charge is 0.410 e. The summed E-state index contributed by atoms with van der Waals surface area (Å²) in [7, 11) is -1.78. The fourth-order valence-corrected chi connectivity index (χ4v) is 5.11. The van der Waals surface area contributed by atoms with E-state index < -0.39 is 27.8 Å². The number of sulfonamides is 1. The molecule has 1 atom stereocenters. The molecule has 0 spiro atoms. The van der Waals surface area contributed by atoms with E-state index in [1.165, 1.54) is 9.21 Å². The first-order valence-corrected chi connectivity index (χ1v) is 11.9. The number of anilines is 1. The quantitative estimate of drug-likeness (QED) is 0.704. The Hall–Kier alpha value is -2.13. The van der Waals surface area contributed by atoms with Crippen LogP contribution in [0.25, 0.3) is 0 Å². The van der Waals surface area contributed by atoms with E-state index >= 15 is 0 Å². The van der Waals surface area contributed by atoms with Crippen LogP contribution in [0.5, 0.6) is 0 Å². The number of carbonyl (C=O) groups is 2. The van der Waals surface area contributed by atoms with Gasteiger partial charge in [-0.2, -0.15) is 4.31 Å². The Morgan fingerprint density at radius 3 is 2.63 bits per heavy atom. The molecule has 1 aliphatic heterocycles. The average molecular weight is 440 g/mol. The van der Waals surface area contributed by atoms with Gasteiger partial charge in [-0.15, -0.1) is 0 Å². The third kappa shape index (κ3) is 6.70. The zero-order chi connectivity index (χ0) is 22.5. The maximum absolute atomic E-state index is 12.8. The predicted octanol–water partition coefficient (Wildman–Crippen LogP) is 3.20. The summed E-state index contributed by atoms with van der Waals surface area (Å²) in [5.41, 5.74) is 0.810. The van der Waals surface area contributed by atoms with E-state index in [4.69, 9.17) is 4.74 Å². The number of rotatable bonds is 7. The second kappa shape index (κ2) is 9.78. The Kier molecular flexibility index (Phi) is 7.87. The molecular weight excluding hydrogens is 406 g/mol. The van der Waals surface area contributed by atoms with Crippen LogP contribution in [0.3, 0.4) is 0 Å². The Morgan fingerprint density at radius 1 is 1.30 bits per heavy atom.